The zero-order chi connectivity index (χ0) is 17.6. The minimum absolute atomic E-state index is 0.0815. The summed E-state index contributed by atoms with van der Waals surface area (Å²) in [5.74, 6) is 0.206. The molecule has 1 saturated carbocycles. The normalized spacial score (nSPS) is 26.5. The molecule has 1 amide bonds. The highest BCUT2D eigenvalue weighted by Crippen LogP contribution is 2.24. The molecule has 2 aliphatic rings. The number of hydrogen-bond acceptors (Lipinski definition) is 5. The van der Waals surface area contributed by atoms with Gasteiger partial charge in [-0.25, -0.2) is 0 Å². The van der Waals surface area contributed by atoms with Gasteiger partial charge in [0.25, 0.3) is 0 Å². The largest absolute Gasteiger partial charge is 0.389 e. The Hall–Kier alpha value is -1.94. The molecule has 1 aromatic carbocycles. The number of nitriles is 1. The first-order valence-corrected chi connectivity index (χ1v) is 8.97. The number of ether oxygens (including phenoxy) is 1. The van der Waals surface area contributed by atoms with Crippen LogP contribution in [0.2, 0.25) is 0 Å². The Balaban J connectivity index is 1.44. The lowest BCUT2D eigenvalue weighted by Gasteiger charge is -2.20. The lowest BCUT2D eigenvalue weighted by molar-refractivity contribution is -0.125. The third-order valence-electron chi connectivity index (χ3n) is 5.11. The number of carbonyl (C=O) groups excluding carboxylic acids is 1. The van der Waals surface area contributed by atoms with Crippen LogP contribution < -0.4 is 10.6 Å². The van der Waals surface area contributed by atoms with E-state index in [1.165, 1.54) is 0 Å². The van der Waals surface area contributed by atoms with Gasteiger partial charge in [-0.1, -0.05) is 25.0 Å². The summed E-state index contributed by atoms with van der Waals surface area (Å²) in [4.78, 5) is 12.1. The van der Waals surface area contributed by atoms with Crippen LogP contribution in [0, 0.1) is 17.2 Å². The molecule has 1 aliphatic carbocycles. The maximum atomic E-state index is 12.1. The molecule has 1 saturated heterocycles. The van der Waals surface area contributed by atoms with Crippen molar-refractivity contribution in [1.82, 2.24) is 10.6 Å². The number of amides is 1. The lowest BCUT2D eigenvalue weighted by Crippen LogP contribution is -2.45. The highest BCUT2D eigenvalue weighted by atomic mass is 16.5. The van der Waals surface area contributed by atoms with Crippen LogP contribution in [0.5, 0.6) is 0 Å². The maximum Gasteiger partial charge on any atom is 0.223 e. The fraction of sp³-hybridized carbons (Fsp3) is 0.579. The number of nitrogens with one attached hydrogen (secondary N) is 2. The highest BCUT2D eigenvalue weighted by molar-refractivity contribution is 5.78. The first kappa shape index (κ1) is 17.9. The molecule has 3 atom stereocenters. The molecule has 0 aromatic heterocycles. The van der Waals surface area contributed by atoms with Gasteiger partial charge in [-0.05, 0) is 30.5 Å². The monoisotopic (exact) mass is 343 g/mol. The summed E-state index contributed by atoms with van der Waals surface area (Å²) >= 11 is 0. The Morgan fingerprint density at radius 3 is 2.92 bits per heavy atom. The van der Waals surface area contributed by atoms with Gasteiger partial charge >= 0.3 is 0 Å². The average Bonchev–Trinajstić information content (AvgIpc) is 3.29. The number of carbonyl (C=O) groups is 1. The van der Waals surface area contributed by atoms with E-state index in [1.807, 2.05) is 18.2 Å². The second-order valence-corrected chi connectivity index (χ2v) is 6.89. The Morgan fingerprint density at radius 1 is 1.36 bits per heavy atom. The van der Waals surface area contributed by atoms with E-state index < -0.39 is 6.10 Å². The SMILES string of the molecule is N#Cc1cccc(CNC2COC(CNC(=O)C3CCCC3)C2O)c1. The number of rotatable bonds is 6. The van der Waals surface area contributed by atoms with Gasteiger partial charge in [0, 0.05) is 19.0 Å². The molecule has 3 N–H and O–H groups in total. The van der Waals surface area contributed by atoms with Crippen molar-refractivity contribution in [2.24, 2.45) is 5.92 Å². The van der Waals surface area contributed by atoms with Gasteiger partial charge in [0.05, 0.1) is 30.4 Å². The molecular formula is C19H25N3O3. The van der Waals surface area contributed by atoms with E-state index in [0.717, 1.165) is 31.2 Å². The van der Waals surface area contributed by atoms with E-state index in [0.29, 0.717) is 25.3 Å². The van der Waals surface area contributed by atoms with Crippen molar-refractivity contribution < 1.29 is 14.6 Å². The van der Waals surface area contributed by atoms with E-state index >= 15 is 0 Å². The Morgan fingerprint density at radius 2 is 2.16 bits per heavy atom. The van der Waals surface area contributed by atoms with Gasteiger partial charge < -0.3 is 20.5 Å². The van der Waals surface area contributed by atoms with Gasteiger partial charge in [0.15, 0.2) is 0 Å². The second-order valence-electron chi connectivity index (χ2n) is 6.89. The maximum absolute atomic E-state index is 12.1. The summed E-state index contributed by atoms with van der Waals surface area (Å²) in [5, 5.41) is 25.5. The molecule has 3 unspecified atom stereocenters. The van der Waals surface area contributed by atoms with Gasteiger partial charge in [0.1, 0.15) is 6.10 Å². The molecule has 6 heteroatoms. The van der Waals surface area contributed by atoms with Crippen molar-refractivity contribution in [2.75, 3.05) is 13.2 Å². The van der Waals surface area contributed by atoms with Crippen molar-refractivity contribution in [3.8, 4) is 6.07 Å². The quantitative estimate of drug-likeness (QED) is 0.719. The van der Waals surface area contributed by atoms with Crippen molar-refractivity contribution in [3.63, 3.8) is 0 Å². The van der Waals surface area contributed by atoms with Crippen LogP contribution in [0.25, 0.3) is 0 Å². The molecule has 0 bridgehead atoms. The first-order valence-electron chi connectivity index (χ1n) is 8.97. The topological polar surface area (TPSA) is 94.4 Å². The number of benzene rings is 1. The summed E-state index contributed by atoms with van der Waals surface area (Å²) in [6.07, 6.45) is 3.13. The average molecular weight is 343 g/mol. The molecule has 6 nitrogen and oxygen atoms in total. The standard InChI is InChI=1S/C19H25N3O3/c20-9-13-4-3-5-14(8-13)10-21-16-12-25-17(18(16)23)11-22-19(24)15-6-1-2-7-15/h3-5,8,15-18,21,23H,1-2,6-7,10-12H2,(H,22,24). The van der Waals surface area contributed by atoms with Crippen LogP contribution in [0.1, 0.15) is 36.8 Å². The zero-order valence-corrected chi connectivity index (χ0v) is 14.3. The molecule has 0 spiro atoms. The molecule has 0 radical (unpaired) electrons. The Bertz CT molecular complexity index is 637. The minimum Gasteiger partial charge on any atom is -0.389 e. The predicted octanol–water partition coefficient (Wildman–Crippen LogP) is 1.08. The molecule has 134 valence electrons. The molecule has 3 rings (SSSR count). The first-order chi connectivity index (χ1) is 12.2. The molecular weight excluding hydrogens is 318 g/mol. The van der Waals surface area contributed by atoms with Crippen LogP contribution in [0.3, 0.4) is 0 Å². The molecule has 2 fully saturated rings. The van der Waals surface area contributed by atoms with E-state index in [2.05, 4.69) is 16.7 Å². The molecule has 1 heterocycles. The second kappa shape index (κ2) is 8.43. The summed E-state index contributed by atoms with van der Waals surface area (Å²) in [5.41, 5.74) is 1.61. The fourth-order valence-corrected chi connectivity index (χ4v) is 3.58. The summed E-state index contributed by atoms with van der Waals surface area (Å²) in [6.45, 7) is 1.31. The molecule has 25 heavy (non-hydrogen) atoms. The van der Waals surface area contributed by atoms with Gasteiger partial charge in [-0.2, -0.15) is 5.26 Å². The van der Waals surface area contributed by atoms with E-state index in [4.69, 9.17) is 10.00 Å². The number of aliphatic hydroxyl groups is 1. The third-order valence-corrected chi connectivity index (χ3v) is 5.11. The van der Waals surface area contributed by atoms with E-state index in [9.17, 15) is 9.90 Å². The lowest BCUT2D eigenvalue weighted by atomic mass is 10.1. The Labute approximate surface area is 148 Å². The number of aliphatic hydroxyl groups excluding tert-OH is 1. The highest BCUT2D eigenvalue weighted by Gasteiger charge is 2.36. The molecule has 1 aromatic rings. The van der Waals surface area contributed by atoms with Crippen LogP contribution >= 0.6 is 0 Å². The van der Waals surface area contributed by atoms with Crippen LogP contribution in [0.4, 0.5) is 0 Å². The molecule has 1 aliphatic heterocycles. The van der Waals surface area contributed by atoms with Crippen molar-refractivity contribution >= 4 is 5.91 Å². The van der Waals surface area contributed by atoms with Crippen LogP contribution in [0.15, 0.2) is 24.3 Å². The third kappa shape index (κ3) is 4.57. The zero-order valence-electron chi connectivity index (χ0n) is 14.3. The number of nitrogens with zero attached hydrogens (tertiary/aromatic N) is 1. The smallest absolute Gasteiger partial charge is 0.223 e. The van der Waals surface area contributed by atoms with Gasteiger partial charge in [-0.15, -0.1) is 0 Å². The van der Waals surface area contributed by atoms with Gasteiger partial charge in [0.2, 0.25) is 5.91 Å². The Kier molecular flexibility index (Phi) is 6.03. The van der Waals surface area contributed by atoms with Crippen LogP contribution in [-0.2, 0) is 16.1 Å². The van der Waals surface area contributed by atoms with E-state index in [-0.39, 0.29) is 24.0 Å². The van der Waals surface area contributed by atoms with E-state index in [1.54, 1.807) is 6.07 Å². The van der Waals surface area contributed by atoms with Crippen molar-refractivity contribution in [3.05, 3.63) is 35.4 Å². The van der Waals surface area contributed by atoms with Gasteiger partial charge in [-0.3, -0.25) is 4.79 Å². The van der Waals surface area contributed by atoms with Crippen molar-refractivity contribution in [1.29, 1.82) is 5.26 Å². The van der Waals surface area contributed by atoms with Crippen LogP contribution in [-0.4, -0.2) is 42.4 Å². The minimum atomic E-state index is -0.664. The van der Waals surface area contributed by atoms with Crippen molar-refractivity contribution in [2.45, 2.75) is 50.5 Å². The fourth-order valence-electron chi connectivity index (χ4n) is 3.58. The predicted molar refractivity (Wildman–Crippen MR) is 92.5 cm³/mol. The number of hydrogen-bond donors (Lipinski definition) is 3. The summed E-state index contributed by atoms with van der Waals surface area (Å²) in [6, 6.07) is 9.32. The summed E-state index contributed by atoms with van der Waals surface area (Å²) in [7, 11) is 0. The summed E-state index contributed by atoms with van der Waals surface area (Å²) < 4.78 is 5.64.